The van der Waals surface area contributed by atoms with Crippen molar-refractivity contribution in [3.05, 3.63) is 59.7 Å². The van der Waals surface area contributed by atoms with Gasteiger partial charge in [-0.2, -0.15) is 13.2 Å². The summed E-state index contributed by atoms with van der Waals surface area (Å²) in [7, 11) is 0. The van der Waals surface area contributed by atoms with Crippen molar-refractivity contribution in [2.24, 2.45) is 0 Å². The third-order valence-corrected chi connectivity index (χ3v) is 4.90. The lowest BCUT2D eigenvalue weighted by Gasteiger charge is -2.35. The van der Waals surface area contributed by atoms with Crippen LogP contribution in [0.15, 0.2) is 48.5 Å². The van der Waals surface area contributed by atoms with Crippen molar-refractivity contribution in [3.63, 3.8) is 0 Å². The number of alkyl halides is 3. The van der Waals surface area contributed by atoms with Crippen molar-refractivity contribution >= 4 is 24.8 Å². The molecule has 0 amide bonds. The predicted octanol–water partition coefficient (Wildman–Crippen LogP) is 5.10. The summed E-state index contributed by atoms with van der Waals surface area (Å²) in [5.74, 6) is 0.455. The van der Waals surface area contributed by atoms with Crippen LogP contribution in [-0.2, 0) is 6.61 Å². The van der Waals surface area contributed by atoms with Crippen molar-refractivity contribution in [2.45, 2.75) is 31.7 Å². The van der Waals surface area contributed by atoms with Crippen LogP contribution in [0.2, 0.25) is 0 Å². The SMILES string of the molecule is Cl.Cl.Oc1cc(OCc2ccccc2)ccc1[C@@H](CCC(F)(F)F)N1CCNCC1. The smallest absolute Gasteiger partial charge is 0.389 e. The topological polar surface area (TPSA) is 44.7 Å². The average molecular weight is 467 g/mol. The van der Waals surface area contributed by atoms with Gasteiger partial charge in [-0.05, 0) is 18.1 Å². The maximum Gasteiger partial charge on any atom is 0.389 e. The number of piperazine rings is 1. The molecule has 0 unspecified atom stereocenters. The molecule has 9 heteroatoms. The molecule has 2 aromatic carbocycles. The maximum absolute atomic E-state index is 12.8. The van der Waals surface area contributed by atoms with Crippen molar-refractivity contribution in [1.82, 2.24) is 10.2 Å². The molecule has 2 aromatic rings. The van der Waals surface area contributed by atoms with Crippen LogP contribution in [0, 0.1) is 0 Å². The summed E-state index contributed by atoms with van der Waals surface area (Å²) >= 11 is 0. The third kappa shape index (κ3) is 7.87. The fourth-order valence-corrected chi connectivity index (χ4v) is 3.46. The molecule has 30 heavy (non-hydrogen) atoms. The Morgan fingerprint density at radius 2 is 1.70 bits per heavy atom. The van der Waals surface area contributed by atoms with Crippen LogP contribution in [0.1, 0.15) is 30.0 Å². The van der Waals surface area contributed by atoms with Gasteiger partial charge >= 0.3 is 6.18 Å². The van der Waals surface area contributed by atoms with Crippen LogP contribution in [-0.4, -0.2) is 42.4 Å². The zero-order valence-electron chi connectivity index (χ0n) is 16.4. The first-order chi connectivity index (χ1) is 13.4. The van der Waals surface area contributed by atoms with Gasteiger partial charge in [-0.1, -0.05) is 36.4 Å². The molecule has 0 aromatic heterocycles. The molecule has 1 fully saturated rings. The Morgan fingerprint density at radius 1 is 1.03 bits per heavy atom. The van der Waals surface area contributed by atoms with Crippen LogP contribution in [0.5, 0.6) is 11.5 Å². The van der Waals surface area contributed by atoms with Gasteiger partial charge < -0.3 is 15.2 Å². The van der Waals surface area contributed by atoms with Crippen LogP contribution < -0.4 is 10.1 Å². The molecule has 1 saturated heterocycles. The first-order valence-electron chi connectivity index (χ1n) is 9.43. The van der Waals surface area contributed by atoms with Gasteiger partial charge in [-0.25, -0.2) is 0 Å². The number of ether oxygens (including phenoxy) is 1. The number of benzene rings is 2. The molecule has 1 aliphatic heterocycles. The van der Waals surface area contributed by atoms with Gasteiger partial charge in [-0.15, -0.1) is 24.8 Å². The number of nitrogens with zero attached hydrogens (tertiary/aromatic N) is 1. The Kier molecular flexibility index (Phi) is 10.8. The van der Waals surface area contributed by atoms with Crippen molar-refractivity contribution in [1.29, 1.82) is 0 Å². The summed E-state index contributed by atoms with van der Waals surface area (Å²) in [6.45, 7) is 3.10. The van der Waals surface area contributed by atoms with E-state index in [1.165, 1.54) is 6.07 Å². The second-order valence-electron chi connectivity index (χ2n) is 6.95. The van der Waals surface area contributed by atoms with Gasteiger partial charge in [0.25, 0.3) is 0 Å². The Balaban J connectivity index is 0.00000225. The highest BCUT2D eigenvalue weighted by molar-refractivity contribution is 5.85. The van der Waals surface area contributed by atoms with Gasteiger partial charge in [0.1, 0.15) is 18.1 Å². The molecule has 0 aliphatic carbocycles. The molecule has 0 saturated carbocycles. The van der Waals surface area contributed by atoms with Gasteiger partial charge in [0, 0.05) is 50.3 Å². The molecule has 1 atom stereocenters. The second-order valence-corrected chi connectivity index (χ2v) is 6.95. The number of aromatic hydroxyl groups is 1. The number of halogens is 5. The molecule has 1 heterocycles. The number of phenols is 1. The lowest BCUT2D eigenvalue weighted by molar-refractivity contribution is -0.138. The zero-order valence-corrected chi connectivity index (χ0v) is 18.0. The Labute approximate surface area is 187 Å². The van der Waals surface area contributed by atoms with E-state index < -0.39 is 18.6 Å². The molecular weight excluding hydrogens is 440 g/mol. The van der Waals surface area contributed by atoms with Crippen LogP contribution >= 0.6 is 24.8 Å². The monoisotopic (exact) mass is 466 g/mol. The van der Waals surface area contributed by atoms with Crippen LogP contribution in [0.4, 0.5) is 13.2 Å². The fraction of sp³-hybridized carbons (Fsp3) is 0.429. The summed E-state index contributed by atoms with van der Waals surface area (Å²) in [6, 6.07) is 14.0. The van der Waals surface area contributed by atoms with Crippen LogP contribution in [0.25, 0.3) is 0 Å². The standard InChI is InChI=1S/C21H25F3N2O2.2ClH/c22-21(23,24)9-8-19(26-12-10-25-11-13-26)18-7-6-17(14-20(18)27)28-15-16-4-2-1-3-5-16;;/h1-7,14,19,25,27H,8-13,15H2;2*1H/t19-;;/m1../s1. The number of hydrogen-bond acceptors (Lipinski definition) is 4. The van der Waals surface area contributed by atoms with E-state index in [1.54, 1.807) is 12.1 Å². The van der Waals surface area contributed by atoms with Gasteiger partial charge in [0.2, 0.25) is 0 Å². The van der Waals surface area contributed by atoms with Crippen molar-refractivity contribution in [3.8, 4) is 11.5 Å². The molecule has 4 nitrogen and oxygen atoms in total. The predicted molar refractivity (Wildman–Crippen MR) is 116 cm³/mol. The minimum absolute atomic E-state index is 0. The van der Waals surface area contributed by atoms with E-state index in [-0.39, 0.29) is 37.0 Å². The zero-order chi connectivity index (χ0) is 20.0. The Morgan fingerprint density at radius 3 is 2.30 bits per heavy atom. The maximum atomic E-state index is 12.8. The molecule has 0 spiro atoms. The van der Waals surface area contributed by atoms with E-state index in [2.05, 4.69) is 5.32 Å². The normalized spacial score (nSPS) is 15.6. The molecule has 0 bridgehead atoms. The van der Waals surface area contributed by atoms with Crippen LogP contribution in [0.3, 0.4) is 0 Å². The Bertz CT molecular complexity index is 758. The molecule has 0 radical (unpaired) electrons. The lowest BCUT2D eigenvalue weighted by Crippen LogP contribution is -2.45. The lowest BCUT2D eigenvalue weighted by atomic mass is 9.98. The fourth-order valence-electron chi connectivity index (χ4n) is 3.46. The first-order valence-corrected chi connectivity index (χ1v) is 9.43. The Hall–Kier alpha value is -1.67. The minimum atomic E-state index is -4.22. The van der Waals surface area contributed by atoms with Gasteiger partial charge in [-0.3, -0.25) is 4.90 Å². The van der Waals surface area contributed by atoms with Crippen molar-refractivity contribution in [2.75, 3.05) is 26.2 Å². The first kappa shape index (κ1) is 26.4. The third-order valence-electron chi connectivity index (χ3n) is 4.90. The van der Waals surface area contributed by atoms with E-state index in [4.69, 9.17) is 4.74 Å². The summed E-state index contributed by atoms with van der Waals surface area (Å²) in [5.41, 5.74) is 1.51. The molecule has 1 aliphatic rings. The molecular formula is C21H27Cl2F3N2O2. The van der Waals surface area contributed by atoms with E-state index in [1.807, 2.05) is 35.2 Å². The van der Waals surface area contributed by atoms with E-state index in [0.717, 1.165) is 18.7 Å². The minimum Gasteiger partial charge on any atom is -0.507 e. The highest BCUT2D eigenvalue weighted by atomic mass is 35.5. The van der Waals surface area contributed by atoms with E-state index in [0.29, 0.717) is 31.0 Å². The number of hydrogen-bond donors (Lipinski definition) is 2. The molecule has 168 valence electrons. The molecule has 3 rings (SSSR count). The van der Waals surface area contributed by atoms with Gasteiger partial charge in [0.15, 0.2) is 0 Å². The number of rotatable bonds is 7. The van der Waals surface area contributed by atoms with E-state index in [9.17, 15) is 18.3 Å². The largest absolute Gasteiger partial charge is 0.507 e. The van der Waals surface area contributed by atoms with Crippen molar-refractivity contribution < 1.29 is 23.0 Å². The van der Waals surface area contributed by atoms with E-state index >= 15 is 0 Å². The summed E-state index contributed by atoms with van der Waals surface area (Å²) < 4.78 is 44.1. The highest BCUT2D eigenvalue weighted by Crippen LogP contribution is 2.37. The number of phenolic OH excluding ortho intramolecular Hbond substituents is 1. The quantitative estimate of drug-likeness (QED) is 0.595. The average Bonchev–Trinajstić information content (AvgIpc) is 2.68. The number of nitrogens with one attached hydrogen (secondary N) is 1. The summed E-state index contributed by atoms with van der Waals surface area (Å²) in [5, 5.41) is 13.7. The van der Waals surface area contributed by atoms with Gasteiger partial charge in [0.05, 0.1) is 0 Å². The summed E-state index contributed by atoms with van der Waals surface area (Å²) in [6.07, 6.45) is -5.19. The molecule has 2 N–H and O–H groups in total. The second kappa shape index (κ2) is 12.2. The highest BCUT2D eigenvalue weighted by Gasteiger charge is 2.32. The summed E-state index contributed by atoms with van der Waals surface area (Å²) in [4.78, 5) is 2.00.